The van der Waals surface area contributed by atoms with Crippen molar-refractivity contribution in [1.29, 1.82) is 0 Å². The van der Waals surface area contributed by atoms with Gasteiger partial charge in [-0.2, -0.15) is 0 Å². The van der Waals surface area contributed by atoms with E-state index in [0.717, 1.165) is 22.4 Å². The number of rotatable bonds is 4. The summed E-state index contributed by atoms with van der Waals surface area (Å²) in [7, 11) is 0. The van der Waals surface area contributed by atoms with Crippen LogP contribution in [0.2, 0.25) is 0 Å². The van der Waals surface area contributed by atoms with Crippen molar-refractivity contribution in [2.45, 2.75) is 20.3 Å². The van der Waals surface area contributed by atoms with Gasteiger partial charge in [0.1, 0.15) is 0 Å². The number of carbonyl (C=O) groups excluding carboxylic acids is 1. The molecule has 1 amide bonds. The van der Waals surface area contributed by atoms with Crippen molar-refractivity contribution in [3.05, 3.63) is 71.4 Å². The van der Waals surface area contributed by atoms with Crippen LogP contribution >= 0.6 is 0 Å². The first-order valence-electron chi connectivity index (χ1n) is 7.49. The standard InChI is InChI=1S/C19H18N2O2/c1-13-8-14(2)10-16(9-13)20-19(22)12-17-11-18(23-21-17)15-6-4-3-5-7-15/h3-11H,12H2,1-2H3,(H,20,22). The van der Waals surface area contributed by atoms with E-state index in [1.54, 1.807) is 6.07 Å². The van der Waals surface area contributed by atoms with E-state index in [0.29, 0.717) is 11.5 Å². The zero-order valence-corrected chi connectivity index (χ0v) is 13.2. The Hall–Kier alpha value is -2.88. The molecule has 116 valence electrons. The Morgan fingerprint density at radius 3 is 2.43 bits per heavy atom. The molecule has 0 saturated carbocycles. The molecule has 1 heterocycles. The topological polar surface area (TPSA) is 55.1 Å². The highest BCUT2D eigenvalue weighted by Gasteiger charge is 2.11. The molecule has 0 bridgehead atoms. The monoisotopic (exact) mass is 306 g/mol. The van der Waals surface area contributed by atoms with Crippen LogP contribution in [0.1, 0.15) is 16.8 Å². The van der Waals surface area contributed by atoms with Crippen LogP contribution in [0.5, 0.6) is 0 Å². The minimum atomic E-state index is -0.108. The Kier molecular flexibility index (Phi) is 4.24. The molecule has 0 atom stereocenters. The molecular weight excluding hydrogens is 288 g/mol. The number of hydrogen-bond acceptors (Lipinski definition) is 3. The van der Waals surface area contributed by atoms with Gasteiger partial charge in [-0.3, -0.25) is 4.79 Å². The lowest BCUT2D eigenvalue weighted by Gasteiger charge is -2.06. The van der Waals surface area contributed by atoms with E-state index < -0.39 is 0 Å². The number of anilines is 1. The minimum Gasteiger partial charge on any atom is -0.356 e. The van der Waals surface area contributed by atoms with Gasteiger partial charge in [-0.1, -0.05) is 41.6 Å². The third kappa shape index (κ3) is 3.86. The van der Waals surface area contributed by atoms with Gasteiger partial charge in [0, 0.05) is 17.3 Å². The summed E-state index contributed by atoms with van der Waals surface area (Å²) in [6.45, 7) is 4.01. The predicted octanol–water partition coefficient (Wildman–Crippen LogP) is 4.14. The SMILES string of the molecule is Cc1cc(C)cc(NC(=O)Cc2cc(-c3ccccc3)on2)c1. The number of amides is 1. The summed E-state index contributed by atoms with van der Waals surface area (Å²) in [6, 6.07) is 17.5. The summed E-state index contributed by atoms with van der Waals surface area (Å²) in [6.07, 6.45) is 0.184. The highest BCUT2D eigenvalue weighted by molar-refractivity contribution is 5.92. The molecule has 1 N–H and O–H groups in total. The fraction of sp³-hybridized carbons (Fsp3) is 0.158. The van der Waals surface area contributed by atoms with Crippen molar-refractivity contribution in [2.24, 2.45) is 0 Å². The molecule has 4 heteroatoms. The second-order valence-electron chi connectivity index (χ2n) is 5.65. The molecule has 2 aromatic carbocycles. The van der Waals surface area contributed by atoms with Crippen molar-refractivity contribution >= 4 is 11.6 Å². The third-order valence-corrected chi connectivity index (χ3v) is 3.46. The lowest BCUT2D eigenvalue weighted by Crippen LogP contribution is -2.14. The largest absolute Gasteiger partial charge is 0.356 e. The van der Waals surface area contributed by atoms with Gasteiger partial charge in [-0.25, -0.2) is 0 Å². The smallest absolute Gasteiger partial charge is 0.230 e. The minimum absolute atomic E-state index is 0.108. The molecule has 0 aliphatic heterocycles. The summed E-state index contributed by atoms with van der Waals surface area (Å²) in [4.78, 5) is 12.2. The van der Waals surface area contributed by atoms with Gasteiger partial charge < -0.3 is 9.84 Å². The van der Waals surface area contributed by atoms with Crippen molar-refractivity contribution in [3.63, 3.8) is 0 Å². The molecule has 0 aliphatic carbocycles. The zero-order valence-electron chi connectivity index (χ0n) is 13.2. The highest BCUT2D eigenvalue weighted by Crippen LogP contribution is 2.20. The van der Waals surface area contributed by atoms with E-state index in [-0.39, 0.29) is 12.3 Å². The van der Waals surface area contributed by atoms with Gasteiger partial charge in [-0.15, -0.1) is 0 Å². The van der Waals surface area contributed by atoms with Crippen LogP contribution in [0, 0.1) is 13.8 Å². The number of carbonyl (C=O) groups is 1. The van der Waals surface area contributed by atoms with E-state index >= 15 is 0 Å². The number of benzene rings is 2. The van der Waals surface area contributed by atoms with Crippen LogP contribution in [0.4, 0.5) is 5.69 Å². The molecule has 0 aliphatic rings. The van der Waals surface area contributed by atoms with Gasteiger partial charge >= 0.3 is 0 Å². The summed E-state index contributed by atoms with van der Waals surface area (Å²) in [5.74, 6) is 0.558. The fourth-order valence-corrected chi connectivity index (χ4v) is 2.55. The van der Waals surface area contributed by atoms with Gasteiger partial charge in [0.05, 0.1) is 12.1 Å². The Morgan fingerprint density at radius 1 is 1.04 bits per heavy atom. The molecule has 23 heavy (non-hydrogen) atoms. The van der Waals surface area contributed by atoms with Gasteiger partial charge in [-0.05, 0) is 37.1 Å². The van der Waals surface area contributed by atoms with E-state index in [1.807, 2.05) is 56.3 Å². The Bertz CT molecular complexity index is 802. The van der Waals surface area contributed by atoms with Gasteiger partial charge in [0.25, 0.3) is 0 Å². The maximum absolute atomic E-state index is 12.2. The summed E-state index contributed by atoms with van der Waals surface area (Å²) >= 11 is 0. The first-order valence-corrected chi connectivity index (χ1v) is 7.49. The molecule has 0 saturated heterocycles. The Balaban J connectivity index is 1.68. The van der Waals surface area contributed by atoms with Crippen LogP contribution in [-0.4, -0.2) is 11.1 Å². The molecule has 3 aromatic rings. The average Bonchev–Trinajstić information content (AvgIpc) is 2.95. The number of aromatic nitrogens is 1. The third-order valence-electron chi connectivity index (χ3n) is 3.46. The summed E-state index contributed by atoms with van der Waals surface area (Å²) in [5, 5.41) is 6.87. The first kappa shape index (κ1) is 15.0. The molecule has 1 aromatic heterocycles. The average molecular weight is 306 g/mol. The van der Waals surface area contributed by atoms with Crippen molar-refractivity contribution < 1.29 is 9.32 Å². The maximum Gasteiger partial charge on any atom is 0.230 e. The van der Waals surface area contributed by atoms with Crippen LogP contribution in [-0.2, 0) is 11.2 Å². The number of aryl methyl sites for hydroxylation is 2. The zero-order chi connectivity index (χ0) is 16.2. The highest BCUT2D eigenvalue weighted by atomic mass is 16.5. The molecule has 0 unspecified atom stereocenters. The second kappa shape index (κ2) is 6.48. The molecular formula is C19H18N2O2. The quantitative estimate of drug-likeness (QED) is 0.788. The first-order chi connectivity index (χ1) is 11.1. The molecule has 0 fully saturated rings. The van der Waals surface area contributed by atoms with Crippen LogP contribution in [0.15, 0.2) is 59.1 Å². The number of nitrogens with zero attached hydrogens (tertiary/aromatic N) is 1. The molecule has 0 radical (unpaired) electrons. The summed E-state index contributed by atoms with van der Waals surface area (Å²) < 4.78 is 5.31. The number of nitrogens with one attached hydrogen (secondary N) is 1. The molecule has 4 nitrogen and oxygen atoms in total. The Morgan fingerprint density at radius 2 is 1.74 bits per heavy atom. The van der Waals surface area contributed by atoms with Crippen molar-refractivity contribution in [1.82, 2.24) is 5.16 Å². The van der Waals surface area contributed by atoms with E-state index in [2.05, 4.69) is 16.5 Å². The van der Waals surface area contributed by atoms with E-state index in [9.17, 15) is 4.79 Å². The predicted molar refractivity (Wildman–Crippen MR) is 90.2 cm³/mol. The van der Waals surface area contributed by atoms with Crippen molar-refractivity contribution in [3.8, 4) is 11.3 Å². The van der Waals surface area contributed by atoms with E-state index in [1.165, 1.54) is 0 Å². The van der Waals surface area contributed by atoms with Crippen LogP contribution < -0.4 is 5.32 Å². The number of hydrogen-bond donors (Lipinski definition) is 1. The Labute approximate surface area is 135 Å². The van der Waals surface area contributed by atoms with Gasteiger partial charge in [0.2, 0.25) is 5.91 Å². The summed E-state index contributed by atoms with van der Waals surface area (Å²) in [5.41, 5.74) is 4.60. The molecule has 3 rings (SSSR count). The van der Waals surface area contributed by atoms with Gasteiger partial charge in [0.15, 0.2) is 5.76 Å². The normalized spacial score (nSPS) is 10.5. The van der Waals surface area contributed by atoms with Crippen LogP contribution in [0.3, 0.4) is 0 Å². The van der Waals surface area contributed by atoms with Crippen molar-refractivity contribution in [2.75, 3.05) is 5.32 Å². The van der Waals surface area contributed by atoms with E-state index in [4.69, 9.17) is 4.52 Å². The van der Waals surface area contributed by atoms with Crippen LogP contribution in [0.25, 0.3) is 11.3 Å². The fourth-order valence-electron chi connectivity index (χ4n) is 2.55. The molecule has 0 spiro atoms. The lowest BCUT2D eigenvalue weighted by molar-refractivity contribution is -0.115. The lowest BCUT2D eigenvalue weighted by atomic mass is 10.1. The second-order valence-corrected chi connectivity index (χ2v) is 5.65. The maximum atomic E-state index is 12.2.